The van der Waals surface area contributed by atoms with Crippen LogP contribution in [0.25, 0.3) is 0 Å². The molecule has 1 saturated carbocycles. The highest BCUT2D eigenvalue weighted by atomic mass is 35.5. The van der Waals surface area contributed by atoms with Crippen LogP contribution < -0.4 is 10.6 Å². The van der Waals surface area contributed by atoms with E-state index in [1.54, 1.807) is 23.1 Å². The van der Waals surface area contributed by atoms with E-state index in [9.17, 15) is 14.4 Å². The number of halogens is 2. The topological polar surface area (TPSA) is 87.7 Å². The second-order valence-electron chi connectivity index (χ2n) is 10.2. The predicted molar refractivity (Wildman–Crippen MR) is 142 cm³/mol. The maximum absolute atomic E-state index is 14.0. The van der Waals surface area contributed by atoms with Gasteiger partial charge in [-0.25, -0.2) is 0 Å². The second-order valence-corrected chi connectivity index (χ2v) is 12.1. The molecule has 4 heterocycles. The number of hydrogen-bond donors (Lipinski definition) is 2. The Balaban J connectivity index is 1.31. The summed E-state index contributed by atoms with van der Waals surface area (Å²) in [5.74, 6) is -2.37. The van der Waals surface area contributed by atoms with Crippen LogP contribution in [-0.4, -0.2) is 46.4 Å². The first-order valence-electron chi connectivity index (χ1n) is 12.6. The van der Waals surface area contributed by atoms with E-state index >= 15 is 0 Å². The number of thiophene rings is 1. The van der Waals surface area contributed by atoms with Crippen LogP contribution in [0.3, 0.4) is 0 Å². The van der Waals surface area contributed by atoms with Crippen LogP contribution in [0.1, 0.15) is 37.0 Å². The van der Waals surface area contributed by atoms with Crippen molar-refractivity contribution in [2.45, 2.75) is 62.4 Å². The second kappa shape index (κ2) is 9.73. The van der Waals surface area contributed by atoms with Crippen molar-refractivity contribution in [2.75, 3.05) is 5.32 Å². The number of benzene rings is 1. The summed E-state index contributed by atoms with van der Waals surface area (Å²) in [4.78, 5) is 43.9. The number of fused-ring (bicyclic) bond motifs is 1. The summed E-state index contributed by atoms with van der Waals surface area (Å²) in [6.45, 7) is 0.292. The van der Waals surface area contributed by atoms with Gasteiger partial charge in [0.15, 0.2) is 0 Å². The average molecular weight is 561 g/mol. The molecule has 0 unspecified atom stereocenters. The lowest BCUT2D eigenvalue weighted by Crippen LogP contribution is -2.56. The minimum atomic E-state index is -1.18. The molecule has 3 amide bonds. The van der Waals surface area contributed by atoms with Gasteiger partial charge in [0.2, 0.25) is 17.7 Å². The van der Waals surface area contributed by atoms with Gasteiger partial charge in [-0.05, 0) is 42.5 Å². The Morgan fingerprint density at radius 1 is 1.11 bits per heavy atom. The van der Waals surface area contributed by atoms with Gasteiger partial charge in [0, 0.05) is 16.6 Å². The van der Waals surface area contributed by atoms with Gasteiger partial charge in [-0.2, -0.15) is 0 Å². The molecule has 1 aliphatic carbocycles. The zero-order valence-electron chi connectivity index (χ0n) is 20.0. The van der Waals surface area contributed by atoms with Crippen molar-refractivity contribution in [1.29, 1.82) is 0 Å². The van der Waals surface area contributed by atoms with Crippen molar-refractivity contribution >= 4 is 57.9 Å². The van der Waals surface area contributed by atoms with E-state index in [4.69, 9.17) is 27.9 Å². The zero-order chi connectivity index (χ0) is 25.7. The molecule has 2 aromatic rings. The Morgan fingerprint density at radius 3 is 2.65 bits per heavy atom. The molecule has 6 rings (SSSR count). The van der Waals surface area contributed by atoms with Crippen LogP contribution in [0, 0.1) is 11.8 Å². The van der Waals surface area contributed by atoms with E-state index < -0.39 is 29.6 Å². The number of amides is 3. The Hall–Kier alpha value is -2.39. The number of ether oxygens (including phenoxy) is 1. The first kappa shape index (κ1) is 24.9. The third-order valence-electron chi connectivity index (χ3n) is 7.97. The largest absolute Gasteiger partial charge is 0.359 e. The van der Waals surface area contributed by atoms with Gasteiger partial charge < -0.3 is 20.3 Å². The zero-order valence-corrected chi connectivity index (χ0v) is 22.3. The van der Waals surface area contributed by atoms with Crippen LogP contribution in [0.2, 0.25) is 10.0 Å². The minimum absolute atomic E-state index is 0.0896. The maximum atomic E-state index is 14.0. The van der Waals surface area contributed by atoms with Gasteiger partial charge in [-0.1, -0.05) is 60.7 Å². The van der Waals surface area contributed by atoms with Crippen molar-refractivity contribution in [1.82, 2.24) is 10.2 Å². The van der Waals surface area contributed by atoms with E-state index in [-0.39, 0.29) is 23.8 Å². The van der Waals surface area contributed by atoms with Crippen molar-refractivity contribution in [2.24, 2.45) is 11.8 Å². The van der Waals surface area contributed by atoms with Crippen LogP contribution in [-0.2, 0) is 25.7 Å². The highest BCUT2D eigenvalue weighted by Crippen LogP contribution is 2.55. The lowest BCUT2D eigenvalue weighted by atomic mass is 9.74. The number of nitrogens with one attached hydrogen (secondary N) is 2. The van der Waals surface area contributed by atoms with Crippen LogP contribution in [0.4, 0.5) is 5.69 Å². The minimum Gasteiger partial charge on any atom is -0.359 e. The average Bonchev–Trinajstić information content (AvgIpc) is 3.65. The highest BCUT2D eigenvalue weighted by molar-refractivity contribution is 7.09. The van der Waals surface area contributed by atoms with Gasteiger partial charge in [-0.15, -0.1) is 11.3 Å². The molecule has 1 aromatic carbocycles. The summed E-state index contributed by atoms with van der Waals surface area (Å²) < 4.78 is 6.40. The molecule has 5 atom stereocenters. The first-order valence-corrected chi connectivity index (χ1v) is 14.3. The molecule has 3 aliphatic heterocycles. The molecule has 194 valence electrons. The molecule has 2 saturated heterocycles. The summed E-state index contributed by atoms with van der Waals surface area (Å²) in [5.41, 5.74) is -0.704. The molecule has 10 heteroatoms. The molecule has 2 bridgehead atoms. The molecule has 2 N–H and O–H groups in total. The summed E-state index contributed by atoms with van der Waals surface area (Å²) in [7, 11) is 0. The number of likely N-dealkylation sites (tertiary alicyclic amines) is 1. The number of carbonyl (C=O) groups excluding carboxylic acids is 3. The molecule has 4 aliphatic rings. The van der Waals surface area contributed by atoms with Crippen LogP contribution in [0.15, 0.2) is 47.9 Å². The Kier molecular flexibility index (Phi) is 6.55. The van der Waals surface area contributed by atoms with E-state index in [2.05, 4.69) is 10.6 Å². The number of anilines is 1. The Morgan fingerprint density at radius 2 is 1.92 bits per heavy atom. The number of hydrogen-bond acceptors (Lipinski definition) is 5. The highest BCUT2D eigenvalue weighted by Gasteiger charge is 2.72. The molecule has 7 nitrogen and oxygen atoms in total. The number of carbonyl (C=O) groups is 3. The predicted octanol–water partition coefficient (Wildman–Crippen LogP) is 4.79. The maximum Gasteiger partial charge on any atom is 0.246 e. The molecular weight excluding hydrogens is 533 g/mol. The van der Waals surface area contributed by atoms with Gasteiger partial charge in [-0.3, -0.25) is 14.4 Å². The van der Waals surface area contributed by atoms with Crippen molar-refractivity contribution in [3.63, 3.8) is 0 Å². The molecule has 3 fully saturated rings. The summed E-state index contributed by atoms with van der Waals surface area (Å²) >= 11 is 13.7. The number of rotatable bonds is 6. The van der Waals surface area contributed by atoms with Crippen molar-refractivity contribution < 1.29 is 19.1 Å². The van der Waals surface area contributed by atoms with Crippen LogP contribution in [0.5, 0.6) is 0 Å². The monoisotopic (exact) mass is 559 g/mol. The third-order valence-corrected chi connectivity index (χ3v) is 9.57. The smallest absolute Gasteiger partial charge is 0.246 e. The SMILES string of the molecule is O=C(Nc1ccc(Cl)c(Cl)c1)[C@H]1[C@H]2C=C[C@]3(O2)[C@H](C(=O)NC2CCCCC2)N(Cc2cccs2)C(=O)[C@@H]13. The van der Waals surface area contributed by atoms with E-state index in [0.717, 1.165) is 30.6 Å². The molecule has 0 radical (unpaired) electrons. The van der Waals surface area contributed by atoms with Crippen LogP contribution >= 0.6 is 34.5 Å². The van der Waals surface area contributed by atoms with E-state index in [1.165, 1.54) is 17.8 Å². The normalized spacial score (nSPS) is 30.5. The quantitative estimate of drug-likeness (QED) is 0.498. The fraction of sp³-hybridized carbons (Fsp3) is 0.444. The number of nitrogens with zero attached hydrogens (tertiary/aromatic N) is 1. The third kappa shape index (κ3) is 4.28. The summed E-state index contributed by atoms with van der Waals surface area (Å²) in [6.07, 6.45) is 8.26. The summed E-state index contributed by atoms with van der Waals surface area (Å²) in [5, 5.41) is 8.72. The lowest BCUT2D eigenvalue weighted by molar-refractivity contribution is -0.142. The lowest BCUT2D eigenvalue weighted by Gasteiger charge is -2.34. The molecule has 1 aromatic heterocycles. The fourth-order valence-corrected chi connectivity index (χ4v) is 7.34. The van der Waals surface area contributed by atoms with E-state index in [1.807, 2.05) is 29.7 Å². The van der Waals surface area contributed by atoms with E-state index in [0.29, 0.717) is 22.3 Å². The van der Waals surface area contributed by atoms with Gasteiger partial charge in [0.05, 0.1) is 34.5 Å². The first-order chi connectivity index (χ1) is 17.9. The Bertz CT molecular complexity index is 1260. The van der Waals surface area contributed by atoms with Crippen molar-refractivity contribution in [3.8, 4) is 0 Å². The standard InChI is InChI=1S/C27H27Cl2N3O4S/c28-18-9-8-16(13-19(18)29)31-24(33)21-20-10-11-27(36-20)22(21)26(35)32(14-17-7-4-12-37-17)23(27)25(34)30-15-5-2-1-3-6-15/h4,7-13,15,20-23H,1-3,5-6,14H2,(H,30,34)(H,31,33)/t20-,21+,22-,23+,27-/m1/s1. The fourth-order valence-electron chi connectivity index (χ4n) is 6.33. The van der Waals surface area contributed by atoms with Gasteiger partial charge >= 0.3 is 0 Å². The van der Waals surface area contributed by atoms with Gasteiger partial charge in [0.25, 0.3) is 0 Å². The van der Waals surface area contributed by atoms with Gasteiger partial charge in [0.1, 0.15) is 11.6 Å². The van der Waals surface area contributed by atoms with Crippen molar-refractivity contribution in [3.05, 3.63) is 62.8 Å². The summed E-state index contributed by atoms with van der Waals surface area (Å²) in [6, 6.07) is 7.94. The molecule has 37 heavy (non-hydrogen) atoms. The molecular formula is C27H27Cl2N3O4S. The Labute approximate surface area is 229 Å². The molecule has 1 spiro atoms.